The first-order valence-electron chi connectivity index (χ1n) is 12.1. The van der Waals surface area contributed by atoms with Crippen LogP contribution in [-0.2, 0) is 11.3 Å². The van der Waals surface area contributed by atoms with Crippen LogP contribution in [0.25, 0.3) is 5.70 Å². The van der Waals surface area contributed by atoms with Crippen molar-refractivity contribution in [2.24, 2.45) is 4.99 Å². The van der Waals surface area contributed by atoms with E-state index in [9.17, 15) is 8.78 Å². The van der Waals surface area contributed by atoms with E-state index in [-0.39, 0.29) is 23.8 Å². The fourth-order valence-electron chi connectivity index (χ4n) is 4.15. The number of nitrogens with zero attached hydrogens (tertiary/aromatic N) is 5. The molecule has 0 radical (unpaired) electrons. The lowest BCUT2D eigenvalue weighted by Gasteiger charge is -2.12. The summed E-state index contributed by atoms with van der Waals surface area (Å²) in [5, 5.41) is 15.6. The van der Waals surface area contributed by atoms with E-state index in [1.54, 1.807) is 43.3 Å². The van der Waals surface area contributed by atoms with Crippen molar-refractivity contribution in [2.75, 3.05) is 19.0 Å². The summed E-state index contributed by atoms with van der Waals surface area (Å²) in [4.78, 5) is 4.68. The first-order valence-corrected chi connectivity index (χ1v) is 12.1. The molecular weight excluding hydrogens is 478 g/mol. The molecule has 1 N–H and O–H groups in total. The number of anilines is 1. The Hall–Kier alpha value is -4.08. The van der Waals surface area contributed by atoms with Gasteiger partial charge in [-0.3, -0.25) is 4.68 Å². The van der Waals surface area contributed by atoms with Gasteiger partial charge in [-0.2, -0.15) is 15.3 Å². The Kier molecular flexibility index (Phi) is 7.95. The molecule has 1 aromatic carbocycles. The van der Waals surface area contributed by atoms with Gasteiger partial charge < -0.3 is 14.8 Å². The Morgan fingerprint density at radius 1 is 1.27 bits per heavy atom. The molecule has 0 amide bonds. The summed E-state index contributed by atoms with van der Waals surface area (Å²) in [6.45, 7) is 9.94. The van der Waals surface area contributed by atoms with Gasteiger partial charge in [0.1, 0.15) is 23.1 Å². The van der Waals surface area contributed by atoms with Crippen LogP contribution in [0.4, 0.5) is 14.5 Å². The van der Waals surface area contributed by atoms with Gasteiger partial charge in [-0.05, 0) is 45.8 Å². The molecule has 37 heavy (non-hydrogen) atoms. The molecule has 0 spiro atoms. The van der Waals surface area contributed by atoms with E-state index in [1.807, 2.05) is 13.8 Å². The molecule has 1 saturated carbocycles. The van der Waals surface area contributed by atoms with Gasteiger partial charge in [-0.15, -0.1) is 0 Å². The van der Waals surface area contributed by atoms with Crippen molar-refractivity contribution in [1.29, 1.82) is 0 Å². The average molecular weight is 509 g/mol. The quantitative estimate of drug-likeness (QED) is 0.217. The topological polar surface area (TPSA) is 86.5 Å². The summed E-state index contributed by atoms with van der Waals surface area (Å²) in [6.07, 6.45) is 6.87. The summed E-state index contributed by atoms with van der Waals surface area (Å²) in [6, 6.07) is 4.16. The molecule has 10 heteroatoms. The van der Waals surface area contributed by atoms with E-state index in [1.165, 1.54) is 12.1 Å². The Morgan fingerprint density at radius 3 is 2.57 bits per heavy atom. The standard InChI is InChI=1S/C27H30F2N6O2/c1-6-24(36-5)27(33-19-10-11-30-31-14-19)32-17(4)25-16(3)26(18-8-9-18)35(34-25)15-21-22(28)12-20(37-7-2)13-23(21)29/h6,10-14,18H,4,7-9,15H2,1-3,5H3,(H,30,32,33)/b24-6+. The number of hydrogen-bond acceptors (Lipinski definition) is 6. The summed E-state index contributed by atoms with van der Waals surface area (Å²) in [5.41, 5.74) is 3.34. The van der Waals surface area contributed by atoms with Gasteiger partial charge in [0.15, 0.2) is 11.6 Å². The van der Waals surface area contributed by atoms with Crippen molar-refractivity contribution in [3.05, 3.63) is 83.2 Å². The van der Waals surface area contributed by atoms with Crippen LogP contribution in [0.5, 0.6) is 5.75 Å². The molecule has 2 aromatic heterocycles. The Morgan fingerprint density at radius 2 is 2.00 bits per heavy atom. The van der Waals surface area contributed by atoms with Crippen LogP contribution >= 0.6 is 0 Å². The molecule has 1 aliphatic carbocycles. The predicted molar refractivity (Wildman–Crippen MR) is 138 cm³/mol. The molecular formula is C27H30F2N6O2. The van der Waals surface area contributed by atoms with Gasteiger partial charge in [0.05, 0.1) is 44.0 Å². The number of amidine groups is 1. The molecule has 0 unspecified atom stereocenters. The third-order valence-corrected chi connectivity index (χ3v) is 6.02. The van der Waals surface area contributed by atoms with Crippen molar-refractivity contribution in [3.8, 4) is 5.75 Å². The van der Waals surface area contributed by atoms with Gasteiger partial charge in [-0.1, -0.05) is 6.58 Å². The van der Waals surface area contributed by atoms with Crippen LogP contribution < -0.4 is 10.1 Å². The fraction of sp³-hybridized carbons (Fsp3) is 0.333. The monoisotopic (exact) mass is 508 g/mol. The second kappa shape index (κ2) is 11.3. The summed E-state index contributed by atoms with van der Waals surface area (Å²) < 4.78 is 42.1. The number of benzene rings is 1. The second-order valence-electron chi connectivity index (χ2n) is 8.61. The molecule has 3 aromatic rings. The lowest BCUT2D eigenvalue weighted by atomic mass is 10.1. The number of halogens is 2. The fourth-order valence-corrected chi connectivity index (χ4v) is 4.15. The normalized spacial score (nSPS) is 14.0. The van der Waals surface area contributed by atoms with Gasteiger partial charge in [0, 0.05) is 34.9 Å². The van der Waals surface area contributed by atoms with Crippen molar-refractivity contribution in [3.63, 3.8) is 0 Å². The maximum atomic E-state index is 14.8. The first kappa shape index (κ1) is 26.0. The summed E-state index contributed by atoms with van der Waals surface area (Å²) in [7, 11) is 1.55. The molecule has 0 atom stereocenters. The molecule has 1 fully saturated rings. The first-order chi connectivity index (χ1) is 17.9. The number of aromatic nitrogens is 4. The van der Waals surface area contributed by atoms with E-state index in [0.29, 0.717) is 35.3 Å². The van der Waals surface area contributed by atoms with Crippen LogP contribution in [0, 0.1) is 18.6 Å². The van der Waals surface area contributed by atoms with Crippen LogP contribution in [0.3, 0.4) is 0 Å². The van der Waals surface area contributed by atoms with Crippen molar-refractivity contribution < 1.29 is 18.3 Å². The molecule has 1 aliphatic rings. The van der Waals surface area contributed by atoms with Gasteiger partial charge >= 0.3 is 0 Å². The van der Waals surface area contributed by atoms with Gasteiger partial charge in [0.25, 0.3) is 0 Å². The number of rotatable bonds is 10. The average Bonchev–Trinajstić information content (AvgIpc) is 3.65. The number of nitrogens with one attached hydrogen (secondary N) is 1. The van der Waals surface area contributed by atoms with Gasteiger partial charge in [0.2, 0.25) is 0 Å². The van der Waals surface area contributed by atoms with Crippen LogP contribution in [0.15, 0.2) is 54.0 Å². The zero-order chi connectivity index (χ0) is 26.5. The van der Waals surface area contributed by atoms with E-state index in [0.717, 1.165) is 24.1 Å². The molecule has 8 nitrogen and oxygen atoms in total. The van der Waals surface area contributed by atoms with Crippen LogP contribution in [0.1, 0.15) is 55.1 Å². The highest BCUT2D eigenvalue weighted by Crippen LogP contribution is 2.43. The highest BCUT2D eigenvalue weighted by atomic mass is 19.1. The zero-order valence-electron chi connectivity index (χ0n) is 21.4. The Balaban J connectivity index is 1.70. The largest absolute Gasteiger partial charge is 0.494 e. The summed E-state index contributed by atoms with van der Waals surface area (Å²) >= 11 is 0. The molecule has 194 valence electrons. The molecule has 4 rings (SSSR count). The lowest BCUT2D eigenvalue weighted by Crippen LogP contribution is -2.17. The zero-order valence-corrected chi connectivity index (χ0v) is 21.4. The Bertz CT molecular complexity index is 1320. The molecule has 0 aliphatic heterocycles. The number of ether oxygens (including phenoxy) is 2. The number of methoxy groups -OCH3 is 1. The molecule has 0 bridgehead atoms. The Labute approximate surface area is 214 Å². The maximum absolute atomic E-state index is 14.8. The van der Waals surface area contributed by atoms with E-state index in [2.05, 4.69) is 27.1 Å². The van der Waals surface area contributed by atoms with E-state index in [4.69, 9.17) is 14.6 Å². The number of hydrogen-bond donors (Lipinski definition) is 1. The smallest absolute Gasteiger partial charge is 0.173 e. The summed E-state index contributed by atoms with van der Waals surface area (Å²) in [5.74, 6) is -0.00738. The third kappa shape index (κ3) is 5.84. The maximum Gasteiger partial charge on any atom is 0.173 e. The van der Waals surface area contributed by atoms with Crippen molar-refractivity contribution in [2.45, 2.75) is 46.1 Å². The number of allylic oxidation sites excluding steroid dienone is 1. The molecule has 2 heterocycles. The van der Waals surface area contributed by atoms with Crippen molar-refractivity contribution >= 4 is 17.2 Å². The minimum Gasteiger partial charge on any atom is -0.494 e. The third-order valence-electron chi connectivity index (χ3n) is 6.02. The van der Waals surface area contributed by atoms with E-state index < -0.39 is 11.6 Å². The highest BCUT2D eigenvalue weighted by molar-refractivity contribution is 6.08. The van der Waals surface area contributed by atoms with Crippen molar-refractivity contribution in [1.82, 2.24) is 20.0 Å². The van der Waals surface area contributed by atoms with Crippen LogP contribution in [-0.4, -0.2) is 39.5 Å². The molecule has 0 saturated heterocycles. The second-order valence-corrected chi connectivity index (χ2v) is 8.61. The van der Waals surface area contributed by atoms with Gasteiger partial charge in [-0.25, -0.2) is 13.8 Å². The number of aliphatic imine (C=N–C) groups is 1. The van der Waals surface area contributed by atoms with Crippen LogP contribution in [0.2, 0.25) is 0 Å². The highest BCUT2D eigenvalue weighted by Gasteiger charge is 2.32. The SMILES string of the molecule is C=C(N=C(Nc1ccnnc1)/C(=C\C)OC)c1nn(Cc2c(F)cc(OCC)cc2F)c(C2CC2)c1C. The minimum absolute atomic E-state index is 0.0558. The predicted octanol–water partition coefficient (Wildman–Crippen LogP) is 5.62. The van der Waals surface area contributed by atoms with E-state index >= 15 is 0 Å². The lowest BCUT2D eigenvalue weighted by molar-refractivity contribution is 0.314. The minimum atomic E-state index is -0.674.